The van der Waals surface area contributed by atoms with Crippen molar-refractivity contribution in [3.05, 3.63) is 53.2 Å². The maximum Gasteiger partial charge on any atom is 0.339 e. The van der Waals surface area contributed by atoms with E-state index in [0.717, 1.165) is 42.7 Å². The Kier molecular flexibility index (Phi) is 4.67. The van der Waals surface area contributed by atoms with Gasteiger partial charge in [-0.05, 0) is 24.3 Å². The smallest absolute Gasteiger partial charge is 0.339 e. The van der Waals surface area contributed by atoms with E-state index in [1.165, 1.54) is 7.11 Å². The predicted octanol–water partition coefficient (Wildman–Crippen LogP) is 2.85. The molecule has 0 aliphatic carbocycles. The zero-order valence-corrected chi connectivity index (χ0v) is 13.7. The molecule has 0 spiro atoms. The number of carbonyl (C=O) groups is 1. The molecule has 0 amide bonds. The third-order valence-electron chi connectivity index (χ3n) is 3.97. The van der Waals surface area contributed by atoms with Crippen molar-refractivity contribution in [1.29, 1.82) is 0 Å². The molecule has 1 aromatic heterocycles. The third kappa shape index (κ3) is 3.40. The number of pyridine rings is 1. The lowest BCUT2D eigenvalue weighted by molar-refractivity contribution is 0.0600. The number of para-hydroxylation sites is 1. The molecule has 0 atom stereocenters. The van der Waals surface area contributed by atoms with Gasteiger partial charge in [-0.3, -0.25) is 0 Å². The lowest BCUT2D eigenvalue weighted by Gasteiger charge is -2.37. The average molecular weight is 332 g/mol. The van der Waals surface area contributed by atoms with E-state index < -0.39 is 0 Å². The molecule has 1 fully saturated rings. The van der Waals surface area contributed by atoms with Crippen LogP contribution in [0.15, 0.2) is 42.6 Å². The van der Waals surface area contributed by atoms with E-state index in [-0.39, 0.29) is 5.97 Å². The summed E-state index contributed by atoms with van der Waals surface area (Å²) in [7, 11) is 1.37. The molecular weight excluding hydrogens is 314 g/mol. The molecule has 0 radical (unpaired) electrons. The number of hydrogen-bond donors (Lipinski definition) is 0. The molecule has 23 heavy (non-hydrogen) atoms. The molecule has 5 nitrogen and oxygen atoms in total. The number of ether oxygens (including phenoxy) is 1. The van der Waals surface area contributed by atoms with E-state index in [1.807, 2.05) is 30.3 Å². The molecular formula is C17H18ClN3O2. The van der Waals surface area contributed by atoms with Gasteiger partial charge in [0.05, 0.1) is 23.4 Å². The number of halogens is 1. The Labute approximate surface area is 140 Å². The van der Waals surface area contributed by atoms with Gasteiger partial charge in [0.25, 0.3) is 0 Å². The van der Waals surface area contributed by atoms with Crippen LogP contribution in [0.3, 0.4) is 0 Å². The quantitative estimate of drug-likeness (QED) is 0.809. The van der Waals surface area contributed by atoms with Gasteiger partial charge in [0.2, 0.25) is 0 Å². The molecule has 1 aromatic carbocycles. The summed E-state index contributed by atoms with van der Waals surface area (Å²) in [4.78, 5) is 20.3. The van der Waals surface area contributed by atoms with Gasteiger partial charge in [-0.15, -0.1) is 0 Å². The first kappa shape index (κ1) is 15.6. The molecule has 2 aromatic rings. The highest BCUT2D eigenvalue weighted by Crippen LogP contribution is 2.26. The number of anilines is 2. The van der Waals surface area contributed by atoms with Crippen LogP contribution in [0, 0.1) is 0 Å². The Balaban J connectivity index is 1.65. The number of rotatable bonds is 3. The molecule has 3 rings (SSSR count). The van der Waals surface area contributed by atoms with E-state index >= 15 is 0 Å². The highest BCUT2D eigenvalue weighted by molar-refractivity contribution is 6.33. The molecule has 0 N–H and O–H groups in total. The number of benzene rings is 1. The van der Waals surface area contributed by atoms with Crippen molar-refractivity contribution in [3.63, 3.8) is 0 Å². The number of piperazine rings is 1. The van der Waals surface area contributed by atoms with Crippen molar-refractivity contribution < 1.29 is 9.53 Å². The molecule has 0 saturated carbocycles. The normalized spacial score (nSPS) is 14.7. The van der Waals surface area contributed by atoms with E-state index in [2.05, 4.69) is 19.5 Å². The molecule has 1 aliphatic rings. The van der Waals surface area contributed by atoms with Crippen molar-refractivity contribution >= 4 is 29.1 Å². The Morgan fingerprint density at radius 1 is 1.09 bits per heavy atom. The van der Waals surface area contributed by atoms with Crippen molar-refractivity contribution in [2.24, 2.45) is 0 Å². The Morgan fingerprint density at radius 2 is 1.78 bits per heavy atom. The standard InChI is InChI=1S/C17H18ClN3O2/c1-23-17(22)13-6-7-16(19-12-13)21-10-8-20(9-11-21)15-5-3-2-4-14(15)18/h2-7,12H,8-11H2,1H3. The average Bonchev–Trinajstić information content (AvgIpc) is 2.62. The van der Waals surface area contributed by atoms with Gasteiger partial charge >= 0.3 is 5.97 Å². The summed E-state index contributed by atoms with van der Waals surface area (Å²) >= 11 is 6.26. The summed E-state index contributed by atoms with van der Waals surface area (Å²) in [6.07, 6.45) is 1.56. The topological polar surface area (TPSA) is 45.7 Å². The maximum absolute atomic E-state index is 11.4. The highest BCUT2D eigenvalue weighted by atomic mass is 35.5. The maximum atomic E-state index is 11.4. The number of hydrogen-bond acceptors (Lipinski definition) is 5. The first-order valence-corrected chi connectivity index (χ1v) is 7.85. The van der Waals surface area contributed by atoms with Crippen LogP contribution < -0.4 is 9.80 Å². The van der Waals surface area contributed by atoms with Gasteiger partial charge in [-0.25, -0.2) is 9.78 Å². The van der Waals surface area contributed by atoms with E-state index in [0.29, 0.717) is 5.56 Å². The van der Waals surface area contributed by atoms with Crippen LogP contribution in [0.1, 0.15) is 10.4 Å². The first-order chi connectivity index (χ1) is 11.2. The summed E-state index contributed by atoms with van der Waals surface area (Å²) in [5.74, 6) is 0.504. The number of methoxy groups -OCH3 is 1. The minimum Gasteiger partial charge on any atom is -0.465 e. The largest absolute Gasteiger partial charge is 0.465 e. The fourth-order valence-electron chi connectivity index (χ4n) is 2.70. The fourth-order valence-corrected chi connectivity index (χ4v) is 2.95. The summed E-state index contributed by atoms with van der Waals surface area (Å²) in [5.41, 5.74) is 1.54. The van der Waals surface area contributed by atoms with Crippen molar-refractivity contribution in [1.82, 2.24) is 4.98 Å². The van der Waals surface area contributed by atoms with Crippen LogP contribution in [0.25, 0.3) is 0 Å². The molecule has 1 saturated heterocycles. The van der Waals surface area contributed by atoms with Crippen molar-refractivity contribution in [3.8, 4) is 0 Å². The second-order valence-corrected chi connectivity index (χ2v) is 5.73. The molecule has 1 aliphatic heterocycles. The summed E-state index contributed by atoms with van der Waals surface area (Å²) < 4.78 is 4.68. The number of aromatic nitrogens is 1. The summed E-state index contributed by atoms with van der Waals surface area (Å²) in [5, 5.41) is 0.779. The number of carbonyl (C=O) groups excluding carboxylic acids is 1. The zero-order valence-electron chi connectivity index (χ0n) is 12.9. The molecule has 6 heteroatoms. The first-order valence-electron chi connectivity index (χ1n) is 7.48. The van der Waals surface area contributed by atoms with Gasteiger partial charge < -0.3 is 14.5 Å². The Hall–Kier alpha value is -2.27. The van der Waals surface area contributed by atoms with Crippen LogP contribution in [0.2, 0.25) is 5.02 Å². The van der Waals surface area contributed by atoms with Gasteiger partial charge in [-0.2, -0.15) is 0 Å². The Morgan fingerprint density at radius 3 is 2.39 bits per heavy atom. The lowest BCUT2D eigenvalue weighted by Crippen LogP contribution is -2.46. The number of esters is 1. The van der Waals surface area contributed by atoms with Crippen molar-refractivity contribution in [2.45, 2.75) is 0 Å². The molecule has 2 heterocycles. The van der Waals surface area contributed by atoms with Crippen LogP contribution in [-0.4, -0.2) is 44.2 Å². The summed E-state index contributed by atoms with van der Waals surface area (Å²) in [6, 6.07) is 11.5. The predicted molar refractivity (Wildman–Crippen MR) is 91.5 cm³/mol. The van der Waals surface area contributed by atoms with Crippen LogP contribution in [0.4, 0.5) is 11.5 Å². The van der Waals surface area contributed by atoms with Crippen molar-refractivity contribution in [2.75, 3.05) is 43.1 Å². The van der Waals surface area contributed by atoms with Gasteiger partial charge in [0.15, 0.2) is 0 Å². The molecule has 120 valence electrons. The van der Waals surface area contributed by atoms with E-state index in [1.54, 1.807) is 12.3 Å². The second kappa shape index (κ2) is 6.87. The van der Waals surface area contributed by atoms with Gasteiger partial charge in [-0.1, -0.05) is 23.7 Å². The highest BCUT2D eigenvalue weighted by Gasteiger charge is 2.20. The SMILES string of the molecule is COC(=O)c1ccc(N2CCN(c3ccccc3Cl)CC2)nc1. The molecule has 0 unspecified atom stereocenters. The third-order valence-corrected chi connectivity index (χ3v) is 4.29. The van der Waals surface area contributed by atoms with Crippen LogP contribution in [0.5, 0.6) is 0 Å². The second-order valence-electron chi connectivity index (χ2n) is 5.32. The van der Waals surface area contributed by atoms with Gasteiger partial charge in [0.1, 0.15) is 5.82 Å². The lowest BCUT2D eigenvalue weighted by atomic mass is 10.2. The fraction of sp³-hybridized carbons (Fsp3) is 0.294. The Bertz CT molecular complexity index is 682. The minimum absolute atomic E-state index is 0.368. The van der Waals surface area contributed by atoms with Crippen LogP contribution in [-0.2, 0) is 4.74 Å². The zero-order chi connectivity index (χ0) is 16.2. The van der Waals surface area contributed by atoms with E-state index in [9.17, 15) is 4.79 Å². The van der Waals surface area contributed by atoms with Crippen LogP contribution >= 0.6 is 11.6 Å². The van der Waals surface area contributed by atoms with E-state index in [4.69, 9.17) is 11.6 Å². The monoisotopic (exact) mass is 331 g/mol. The number of nitrogens with zero attached hydrogens (tertiary/aromatic N) is 3. The summed E-state index contributed by atoms with van der Waals surface area (Å²) in [6.45, 7) is 3.47. The molecule has 0 bridgehead atoms. The van der Waals surface area contributed by atoms with Gasteiger partial charge in [0, 0.05) is 32.4 Å². The minimum atomic E-state index is -0.368.